The Kier molecular flexibility index (Phi) is 8.78. The number of halogens is 2. The van der Waals surface area contributed by atoms with E-state index >= 15 is 0 Å². The van der Waals surface area contributed by atoms with E-state index in [1.54, 1.807) is 0 Å². The maximum atomic E-state index is 13.3. The lowest BCUT2D eigenvalue weighted by atomic mass is 10.1. The van der Waals surface area contributed by atoms with Crippen molar-refractivity contribution in [3.05, 3.63) is 12.0 Å². The van der Waals surface area contributed by atoms with Gasteiger partial charge in [-0.2, -0.15) is 4.39 Å². The molecule has 1 aliphatic rings. The minimum absolute atomic E-state index is 0.0598. The zero-order chi connectivity index (χ0) is 15.5. The number of nitrogens with one attached hydrogen (secondary N) is 1. The first-order chi connectivity index (χ1) is 10.2. The van der Waals surface area contributed by atoms with Gasteiger partial charge in [-0.1, -0.05) is 56.9 Å². The van der Waals surface area contributed by atoms with E-state index in [1.807, 2.05) is 10.3 Å². The predicted octanol–water partition coefficient (Wildman–Crippen LogP) is 4.28. The van der Waals surface area contributed by atoms with Crippen molar-refractivity contribution >= 4 is 5.84 Å². The van der Waals surface area contributed by atoms with Crippen molar-refractivity contribution < 1.29 is 8.87 Å². The molecule has 0 saturated heterocycles. The van der Waals surface area contributed by atoms with Crippen LogP contribution in [0, 0.1) is 0 Å². The molecule has 0 fully saturated rings. The van der Waals surface area contributed by atoms with Gasteiger partial charge in [0.1, 0.15) is 0 Å². The monoisotopic (exact) mass is 302 g/mol. The van der Waals surface area contributed by atoms with Crippen LogP contribution in [0.1, 0.15) is 65.2 Å². The second kappa shape index (κ2) is 10.4. The van der Waals surface area contributed by atoms with Crippen LogP contribution in [0.25, 0.3) is 0 Å². The predicted molar refractivity (Wildman–Crippen MR) is 82.6 cm³/mol. The van der Waals surface area contributed by atoms with Crippen LogP contribution in [0.2, 0.25) is 0 Å². The average molecular weight is 302 g/mol. The molecule has 0 radical (unpaired) electrons. The van der Waals surface area contributed by atoms with Crippen LogP contribution in [-0.2, 0) is 0 Å². The second-order valence-electron chi connectivity index (χ2n) is 5.43. The van der Waals surface area contributed by atoms with Gasteiger partial charge in [0.2, 0.25) is 5.95 Å². The van der Waals surface area contributed by atoms with Gasteiger partial charge in [-0.25, -0.2) is 5.43 Å². The minimum atomic E-state index is -0.713. The molecule has 1 rings (SSSR count). The standard InChI is InChI=1S/C15H28F2N4/c1-3-5-7-9-11-20(12-10-8-6-4-2)15-13-14(16)18-21(17)19-15/h13,18H,3-12H2,1-2H3. The van der Waals surface area contributed by atoms with Crippen LogP contribution < -0.4 is 5.43 Å². The van der Waals surface area contributed by atoms with E-state index < -0.39 is 5.95 Å². The minimum Gasteiger partial charge on any atom is -0.355 e. The Bertz CT molecular complexity index is 333. The number of rotatable bonds is 10. The highest BCUT2D eigenvalue weighted by Gasteiger charge is 2.17. The second-order valence-corrected chi connectivity index (χ2v) is 5.43. The van der Waals surface area contributed by atoms with Crippen LogP contribution in [0.4, 0.5) is 8.87 Å². The zero-order valence-corrected chi connectivity index (χ0v) is 13.2. The smallest absolute Gasteiger partial charge is 0.212 e. The average Bonchev–Trinajstić information content (AvgIpc) is 2.44. The maximum Gasteiger partial charge on any atom is 0.212 e. The lowest BCUT2D eigenvalue weighted by molar-refractivity contribution is -0.0294. The quantitative estimate of drug-likeness (QED) is 0.371. The number of nitrogens with zero attached hydrogens (tertiary/aromatic N) is 3. The Morgan fingerprint density at radius 3 is 2.10 bits per heavy atom. The summed E-state index contributed by atoms with van der Waals surface area (Å²) in [5, 5.41) is 3.65. The summed E-state index contributed by atoms with van der Waals surface area (Å²) in [4.78, 5) is 1.98. The Morgan fingerprint density at radius 1 is 1.05 bits per heavy atom. The summed E-state index contributed by atoms with van der Waals surface area (Å²) in [6.45, 7) is 5.92. The van der Waals surface area contributed by atoms with Gasteiger partial charge >= 0.3 is 0 Å². The van der Waals surface area contributed by atoms with E-state index in [1.165, 1.54) is 31.8 Å². The van der Waals surface area contributed by atoms with Crippen molar-refractivity contribution in [1.82, 2.24) is 15.7 Å². The molecule has 0 aromatic heterocycles. The molecule has 0 aromatic rings. The molecule has 1 N–H and O–H groups in total. The van der Waals surface area contributed by atoms with Crippen LogP contribution in [0.5, 0.6) is 0 Å². The van der Waals surface area contributed by atoms with Gasteiger partial charge in [-0.3, -0.25) is 0 Å². The van der Waals surface area contributed by atoms with Gasteiger partial charge in [0.15, 0.2) is 5.84 Å². The molecule has 1 heterocycles. The molecular formula is C15H28F2N4. The molecule has 0 atom stereocenters. The van der Waals surface area contributed by atoms with E-state index in [4.69, 9.17) is 0 Å². The molecule has 0 amide bonds. The Balaban J connectivity index is 2.53. The zero-order valence-electron chi connectivity index (χ0n) is 13.2. The summed E-state index contributed by atoms with van der Waals surface area (Å²) in [6.07, 6.45) is 10.3. The molecule has 0 aromatic carbocycles. The van der Waals surface area contributed by atoms with Crippen LogP contribution >= 0.6 is 0 Å². The summed E-state index contributed by atoms with van der Waals surface area (Å²) < 4.78 is 26.4. The topological polar surface area (TPSA) is 30.9 Å². The Morgan fingerprint density at radius 2 is 1.62 bits per heavy atom. The van der Waals surface area contributed by atoms with E-state index in [0.29, 0.717) is 5.84 Å². The van der Waals surface area contributed by atoms with Gasteiger partial charge in [0.25, 0.3) is 0 Å². The van der Waals surface area contributed by atoms with Crippen molar-refractivity contribution in [1.29, 1.82) is 0 Å². The van der Waals surface area contributed by atoms with Crippen molar-refractivity contribution in [3.8, 4) is 0 Å². The number of hydrogen-bond acceptors (Lipinski definition) is 4. The van der Waals surface area contributed by atoms with Gasteiger partial charge in [0, 0.05) is 19.2 Å². The van der Waals surface area contributed by atoms with Gasteiger partial charge in [-0.05, 0) is 18.2 Å². The molecule has 122 valence electrons. The summed E-state index contributed by atoms with van der Waals surface area (Å²) >= 11 is 0. The number of hydrazone groups is 1. The molecule has 6 heteroatoms. The van der Waals surface area contributed by atoms with Crippen LogP contribution in [-0.4, -0.2) is 29.2 Å². The number of hydrogen-bond donors (Lipinski definition) is 1. The fraction of sp³-hybridized carbons (Fsp3) is 0.800. The van der Waals surface area contributed by atoms with Crippen LogP contribution in [0.15, 0.2) is 17.1 Å². The lowest BCUT2D eigenvalue weighted by Crippen LogP contribution is -2.38. The van der Waals surface area contributed by atoms with Gasteiger partial charge in [-0.15, -0.1) is 5.10 Å². The van der Waals surface area contributed by atoms with Crippen molar-refractivity contribution in [2.24, 2.45) is 5.10 Å². The molecule has 0 aliphatic carbocycles. The van der Waals surface area contributed by atoms with Gasteiger partial charge in [0.05, 0.1) is 0 Å². The van der Waals surface area contributed by atoms with E-state index in [9.17, 15) is 8.87 Å². The molecule has 0 saturated carbocycles. The molecule has 21 heavy (non-hydrogen) atoms. The Labute approximate surface area is 126 Å². The third-order valence-corrected chi connectivity index (χ3v) is 3.53. The van der Waals surface area contributed by atoms with Gasteiger partial charge < -0.3 is 4.90 Å². The molecular weight excluding hydrogens is 274 g/mol. The molecule has 4 nitrogen and oxygen atoms in total. The summed E-state index contributed by atoms with van der Waals surface area (Å²) in [5.41, 5.74) is 1.86. The third kappa shape index (κ3) is 7.29. The third-order valence-electron chi connectivity index (χ3n) is 3.53. The normalized spacial score (nSPS) is 14.6. The molecule has 0 bridgehead atoms. The van der Waals surface area contributed by atoms with Crippen molar-refractivity contribution in [2.75, 3.05) is 13.1 Å². The summed E-state index contributed by atoms with van der Waals surface area (Å²) in [7, 11) is 0. The van der Waals surface area contributed by atoms with E-state index in [-0.39, 0.29) is 5.34 Å². The maximum absolute atomic E-state index is 13.3. The number of unbranched alkanes of at least 4 members (excludes halogenated alkanes) is 6. The summed E-state index contributed by atoms with van der Waals surface area (Å²) in [6, 6.07) is 0. The number of amidine groups is 1. The SMILES string of the molecule is CCCCCCN(CCCCCC)C1=NN(F)NC(F)=C1. The van der Waals surface area contributed by atoms with Crippen LogP contribution in [0.3, 0.4) is 0 Å². The lowest BCUT2D eigenvalue weighted by Gasteiger charge is -2.27. The van der Waals surface area contributed by atoms with E-state index in [2.05, 4.69) is 18.9 Å². The summed E-state index contributed by atoms with van der Waals surface area (Å²) in [5.74, 6) is -0.351. The highest BCUT2D eigenvalue weighted by molar-refractivity contribution is 5.93. The largest absolute Gasteiger partial charge is 0.355 e. The Hall–Kier alpha value is -1.33. The van der Waals surface area contributed by atoms with E-state index in [0.717, 1.165) is 38.8 Å². The number of hydrazine groups is 1. The first-order valence-electron chi connectivity index (χ1n) is 8.10. The highest BCUT2D eigenvalue weighted by Crippen LogP contribution is 2.11. The first kappa shape index (κ1) is 17.7. The van der Waals surface area contributed by atoms with Crippen molar-refractivity contribution in [2.45, 2.75) is 65.2 Å². The fourth-order valence-corrected chi connectivity index (χ4v) is 2.33. The molecule has 0 spiro atoms. The first-order valence-corrected chi connectivity index (χ1v) is 8.10. The highest BCUT2D eigenvalue weighted by atomic mass is 19.2. The molecule has 0 unspecified atom stereocenters. The fourth-order valence-electron chi connectivity index (χ4n) is 2.33. The van der Waals surface area contributed by atoms with Crippen molar-refractivity contribution in [3.63, 3.8) is 0 Å². The molecule has 1 aliphatic heterocycles.